The fourth-order valence-electron chi connectivity index (χ4n) is 3.56. The van der Waals surface area contributed by atoms with Gasteiger partial charge in [-0.2, -0.15) is 0 Å². The van der Waals surface area contributed by atoms with E-state index in [0.29, 0.717) is 0 Å². The molecule has 3 heteroatoms. The molecule has 1 aromatic carbocycles. The molecule has 2 aliphatic rings. The zero-order chi connectivity index (χ0) is 14.0. The summed E-state index contributed by atoms with van der Waals surface area (Å²) < 4.78 is 0. The second-order valence-corrected chi connectivity index (χ2v) is 5.93. The van der Waals surface area contributed by atoms with Crippen molar-refractivity contribution in [2.24, 2.45) is 4.99 Å². The Morgan fingerprint density at radius 3 is 2.60 bits per heavy atom. The normalized spacial score (nSPS) is 24.6. The molecule has 0 aromatic heterocycles. The molecule has 3 nitrogen and oxygen atoms in total. The number of benzene rings is 1. The van der Waals surface area contributed by atoms with Gasteiger partial charge in [-0.1, -0.05) is 56.5 Å². The van der Waals surface area contributed by atoms with Gasteiger partial charge in [0, 0.05) is 0 Å². The van der Waals surface area contributed by atoms with E-state index in [0.717, 1.165) is 31.5 Å². The van der Waals surface area contributed by atoms with Gasteiger partial charge in [0.1, 0.15) is 11.9 Å². The maximum Gasteiger partial charge on any atom is 0.250 e. The van der Waals surface area contributed by atoms with Crippen LogP contribution in [0.1, 0.15) is 51.0 Å². The molecule has 1 atom stereocenters. The van der Waals surface area contributed by atoms with Gasteiger partial charge in [0.05, 0.1) is 5.41 Å². The van der Waals surface area contributed by atoms with E-state index in [2.05, 4.69) is 36.5 Å². The summed E-state index contributed by atoms with van der Waals surface area (Å²) in [6.45, 7) is 2.10. The molecular formula is C17H22N2O. The van der Waals surface area contributed by atoms with Crippen LogP contribution in [0.3, 0.4) is 0 Å². The molecule has 1 saturated carbocycles. The van der Waals surface area contributed by atoms with Crippen molar-refractivity contribution >= 4 is 11.7 Å². The molecule has 20 heavy (non-hydrogen) atoms. The van der Waals surface area contributed by atoms with E-state index in [-0.39, 0.29) is 17.4 Å². The Morgan fingerprint density at radius 2 is 1.95 bits per heavy atom. The summed E-state index contributed by atoms with van der Waals surface area (Å²) in [4.78, 5) is 16.8. The lowest BCUT2D eigenvalue weighted by molar-refractivity contribution is -0.120. The molecular weight excluding hydrogens is 248 g/mol. The molecule has 0 saturated heterocycles. The van der Waals surface area contributed by atoms with Crippen molar-refractivity contribution in [2.75, 3.05) is 0 Å². The molecule has 0 radical (unpaired) electrons. The monoisotopic (exact) mass is 270 g/mol. The summed E-state index contributed by atoms with van der Waals surface area (Å²) in [6.07, 6.45) is 6.45. The van der Waals surface area contributed by atoms with Crippen molar-refractivity contribution in [3.8, 4) is 0 Å². The number of carbonyl (C=O) groups excluding carboxylic acids is 1. The third-order valence-electron chi connectivity index (χ3n) is 4.63. The van der Waals surface area contributed by atoms with Gasteiger partial charge in [-0.05, 0) is 24.8 Å². The Hall–Kier alpha value is -1.64. The van der Waals surface area contributed by atoms with Gasteiger partial charge in [0.25, 0.3) is 0 Å². The summed E-state index contributed by atoms with van der Waals surface area (Å²) in [7, 11) is 0. The molecule has 1 amide bonds. The SMILES string of the molecule is CCCC1N=C(C2(c3ccccc3)CCCC2)NC1=O. The highest BCUT2D eigenvalue weighted by atomic mass is 16.2. The van der Waals surface area contributed by atoms with Crippen LogP contribution in [-0.4, -0.2) is 17.8 Å². The zero-order valence-electron chi connectivity index (χ0n) is 12.1. The molecule has 0 bridgehead atoms. The van der Waals surface area contributed by atoms with E-state index < -0.39 is 0 Å². The fraction of sp³-hybridized carbons (Fsp3) is 0.529. The number of amidine groups is 1. The van der Waals surface area contributed by atoms with Gasteiger partial charge in [-0.15, -0.1) is 0 Å². The van der Waals surface area contributed by atoms with Gasteiger partial charge in [-0.25, -0.2) is 0 Å². The second kappa shape index (κ2) is 5.39. The lowest BCUT2D eigenvalue weighted by Crippen LogP contribution is -2.42. The van der Waals surface area contributed by atoms with Crippen LogP contribution in [0.25, 0.3) is 0 Å². The zero-order valence-corrected chi connectivity index (χ0v) is 12.1. The average molecular weight is 270 g/mol. The minimum absolute atomic E-state index is 0.0561. The first-order valence-electron chi connectivity index (χ1n) is 7.71. The van der Waals surface area contributed by atoms with Crippen LogP contribution in [0.15, 0.2) is 35.3 Å². The van der Waals surface area contributed by atoms with Crippen molar-refractivity contribution in [1.82, 2.24) is 5.32 Å². The summed E-state index contributed by atoms with van der Waals surface area (Å²) >= 11 is 0. The number of nitrogens with zero attached hydrogens (tertiary/aromatic N) is 1. The Morgan fingerprint density at radius 1 is 1.25 bits per heavy atom. The molecule has 3 rings (SSSR count). The summed E-state index contributed by atoms with van der Waals surface area (Å²) in [5.74, 6) is 1.01. The van der Waals surface area contributed by atoms with Crippen molar-refractivity contribution in [3.05, 3.63) is 35.9 Å². The minimum atomic E-state index is -0.170. The quantitative estimate of drug-likeness (QED) is 0.897. The molecule has 106 valence electrons. The van der Waals surface area contributed by atoms with Gasteiger partial charge in [0.15, 0.2) is 0 Å². The molecule has 1 unspecified atom stereocenters. The highest BCUT2D eigenvalue weighted by Crippen LogP contribution is 2.42. The van der Waals surface area contributed by atoms with E-state index in [1.807, 2.05) is 6.07 Å². The Kier molecular flexibility index (Phi) is 3.60. The largest absolute Gasteiger partial charge is 0.312 e. The van der Waals surface area contributed by atoms with Crippen LogP contribution in [-0.2, 0) is 10.2 Å². The summed E-state index contributed by atoms with van der Waals surface area (Å²) in [5, 5.41) is 3.08. The van der Waals surface area contributed by atoms with E-state index in [1.54, 1.807) is 0 Å². The number of nitrogens with one attached hydrogen (secondary N) is 1. The summed E-state index contributed by atoms with van der Waals surface area (Å²) in [5.41, 5.74) is 1.24. The van der Waals surface area contributed by atoms with E-state index in [4.69, 9.17) is 4.99 Å². The summed E-state index contributed by atoms with van der Waals surface area (Å²) in [6, 6.07) is 10.4. The number of hydrogen-bond acceptors (Lipinski definition) is 2. The Balaban J connectivity index is 1.96. The van der Waals surface area contributed by atoms with Gasteiger partial charge in [-0.3, -0.25) is 9.79 Å². The molecule has 1 aromatic rings. The number of hydrogen-bond donors (Lipinski definition) is 1. The minimum Gasteiger partial charge on any atom is -0.312 e. The van der Waals surface area contributed by atoms with Gasteiger partial charge >= 0.3 is 0 Å². The predicted molar refractivity (Wildman–Crippen MR) is 80.9 cm³/mol. The topological polar surface area (TPSA) is 41.5 Å². The highest BCUT2D eigenvalue weighted by Gasteiger charge is 2.44. The first kappa shape index (κ1) is 13.3. The fourth-order valence-corrected chi connectivity index (χ4v) is 3.56. The van der Waals surface area contributed by atoms with Gasteiger partial charge < -0.3 is 5.32 Å². The Bertz CT molecular complexity index is 515. The number of aliphatic imine (C=N–C) groups is 1. The molecule has 1 N–H and O–H groups in total. The van der Waals surface area contributed by atoms with Gasteiger partial charge in [0.2, 0.25) is 5.91 Å². The van der Waals surface area contributed by atoms with Crippen LogP contribution in [0.4, 0.5) is 0 Å². The number of rotatable bonds is 4. The second-order valence-electron chi connectivity index (χ2n) is 5.93. The van der Waals surface area contributed by atoms with Crippen LogP contribution >= 0.6 is 0 Å². The first-order valence-corrected chi connectivity index (χ1v) is 7.71. The third kappa shape index (κ3) is 2.15. The smallest absolute Gasteiger partial charge is 0.250 e. The van der Waals surface area contributed by atoms with Crippen molar-refractivity contribution in [1.29, 1.82) is 0 Å². The molecule has 1 heterocycles. The molecule has 0 spiro atoms. The highest BCUT2D eigenvalue weighted by molar-refractivity contribution is 6.10. The van der Waals surface area contributed by atoms with Crippen molar-refractivity contribution < 1.29 is 4.79 Å². The number of carbonyl (C=O) groups is 1. The predicted octanol–water partition coefficient (Wildman–Crippen LogP) is 3.20. The molecule has 1 fully saturated rings. The van der Waals surface area contributed by atoms with E-state index in [9.17, 15) is 4.79 Å². The van der Waals surface area contributed by atoms with E-state index >= 15 is 0 Å². The van der Waals surface area contributed by atoms with Crippen molar-refractivity contribution in [2.45, 2.75) is 56.9 Å². The van der Waals surface area contributed by atoms with Crippen LogP contribution in [0.5, 0.6) is 0 Å². The van der Waals surface area contributed by atoms with Crippen LogP contribution < -0.4 is 5.32 Å². The van der Waals surface area contributed by atoms with Crippen molar-refractivity contribution in [3.63, 3.8) is 0 Å². The lowest BCUT2D eigenvalue weighted by Gasteiger charge is -2.29. The molecule has 1 aliphatic carbocycles. The first-order chi connectivity index (χ1) is 9.76. The standard InChI is InChI=1S/C17H22N2O/c1-2-8-14-15(20)19-16(18-14)17(11-6-7-12-17)13-9-4-3-5-10-13/h3-5,9-10,14H,2,6-8,11-12H2,1H3,(H,18,19,20). The third-order valence-corrected chi connectivity index (χ3v) is 4.63. The average Bonchev–Trinajstić information content (AvgIpc) is 3.09. The maximum atomic E-state index is 12.1. The lowest BCUT2D eigenvalue weighted by atomic mass is 9.77. The maximum absolute atomic E-state index is 12.1. The van der Waals surface area contributed by atoms with Crippen LogP contribution in [0, 0.1) is 0 Å². The molecule has 1 aliphatic heterocycles. The Labute approximate surface area is 120 Å². The number of amides is 1. The van der Waals surface area contributed by atoms with E-state index in [1.165, 1.54) is 18.4 Å². The van der Waals surface area contributed by atoms with Crippen LogP contribution in [0.2, 0.25) is 0 Å².